The minimum atomic E-state index is 0.0981. The zero-order chi connectivity index (χ0) is 13.2. The molecule has 1 aromatic heterocycles. The van der Waals surface area contributed by atoms with Crippen molar-refractivity contribution in [1.82, 2.24) is 0 Å². The highest BCUT2D eigenvalue weighted by molar-refractivity contribution is 8.01. The molecule has 2 aromatic rings. The number of methoxy groups -OCH3 is 1. The summed E-state index contributed by atoms with van der Waals surface area (Å²) in [5.74, 6) is 1.50. The SMILES string of the molecule is COc1ccc(N2C(=O)CS[C@@H]2c2cccs2)cc1. The van der Waals surface area contributed by atoms with E-state index in [0.29, 0.717) is 5.75 Å². The van der Waals surface area contributed by atoms with E-state index in [1.165, 1.54) is 4.88 Å². The first-order valence-corrected chi connectivity index (χ1v) is 7.83. The predicted molar refractivity (Wildman–Crippen MR) is 80.0 cm³/mol. The summed E-state index contributed by atoms with van der Waals surface area (Å²) in [6.45, 7) is 0. The Kier molecular flexibility index (Phi) is 3.48. The zero-order valence-electron chi connectivity index (χ0n) is 10.4. The minimum absolute atomic E-state index is 0.0981. The second-order valence-electron chi connectivity index (χ2n) is 4.14. The van der Waals surface area contributed by atoms with Crippen LogP contribution in [-0.2, 0) is 4.79 Å². The van der Waals surface area contributed by atoms with Crippen molar-refractivity contribution in [1.29, 1.82) is 0 Å². The smallest absolute Gasteiger partial charge is 0.238 e. The fourth-order valence-corrected chi connectivity index (χ4v) is 4.22. The average molecular weight is 291 g/mol. The Morgan fingerprint density at radius 2 is 2.05 bits per heavy atom. The standard InChI is InChI=1S/C14H13NO2S2/c1-17-11-6-4-10(5-7-11)15-13(16)9-19-14(15)12-3-2-8-18-12/h2-8,14H,9H2,1H3/t14-/m1/s1. The van der Waals surface area contributed by atoms with Gasteiger partial charge in [-0.3, -0.25) is 9.69 Å². The molecule has 0 saturated carbocycles. The van der Waals surface area contributed by atoms with Crippen LogP contribution in [-0.4, -0.2) is 18.8 Å². The number of ether oxygens (including phenoxy) is 1. The molecular formula is C14H13NO2S2. The van der Waals surface area contributed by atoms with Crippen LogP contribution in [0.2, 0.25) is 0 Å². The van der Waals surface area contributed by atoms with E-state index in [4.69, 9.17) is 4.74 Å². The minimum Gasteiger partial charge on any atom is -0.497 e. The maximum Gasteiger partial charge on any atom is 0.238 e. The van der Waals surface area contributed by atoms with Gasteiger partial charge in [0, 0.05) is 10.6 Å². The fourth-order valence-electron chi connectivity index (χ4n) is 2.09. The summed E-state index contributed by atoms with van der Waals surface area (Å²) in [6.07, 6.45) is 0. The highest BCUT2D eigenvalue weighted by Gasteiger charge is 2.34. The lowest BCUT2D eigenvalue weighted by molar-refractivity contribution is -0.115. The summed E-state index contributed by atoms with van der Waals surface area (Å²) >= 11 is 3.37. The van der Waals surface area contributed by atoms with Crippen molar-refractivity contribution in [2.75, 3.05) is 17.8 Å². The summed E-state index contributed by atoms with van der Waals surface area (Å²) in [5.41, 5.74) is 0.925. The van der Waals surface area contributed by atoms with Gasteiger partial charge in [-0.15, -0.1) is 23.1 Å². The number of nitrogens with zero attached hydrogens (tertiary/aromatic N) is 1. The summed E-state index contributed by atoms with van der Waals surface area (Å²) in [5, 5.41) is 2.14. The molecule has 0 bridgehead atoms. The molecule has 0 radical (unpaired) electrons. The third-order valence-electron chi connectivity index (χ3n) is 3.01. The van der Waals surface area contributed by atoms with Gasteiger partial charge in [0.1, 0.15) is 11.1 Å². The van der Waals surface area contributed by atoms with Gasteiger partial charge in [-0.1, -0.05) is 6.07 Å². The Morgan fingerprint density at radius 1 is 1.26 bits per heavy atom. The van der Waals surface area contributed by atoms with Crippen molar-refractivity contribution in [2.24, 2.45) is 0 Å². The van der Waals surface area contributed by atoms with E-state index in [0.717, 1.165) is 11.4 Å². The van der Waals surface area contributed by atoms with Crippen LogP contribution < -0.4 is 9.64 Å². The van der Waals surface area contributed by atoms with Crippen LogP contribution in [0.25, 0.3) is 0 Å². The molecular weight excluding hydrogens is 278 g/mol. The molecule has 0 N–H and O–H groups in total. The number of anilines is 1. The molecule has 1 atom stereocenters. The van der Waals surface area contributed by atoms with Gasteiger partial charge < -0.3 is 4.74 Å². The van der Waals surface area contributed by atoms with Crippen molar-refractivity contribution in [2.45, 2.75) is 5.37 Å². The van der Waals surface area contributed by atoms with Gasteiger partial charge in [0.05, 0.1) is 12.9 Å². The quantitative estimate of drug-likeness (QED) is 0.866. The van der Waals surface area contributed by atoms with Gasteiger partial charge in [-0.05, 0) is 35.7 Å². The van der Waals surface area contributed by atoms with Crippen molar-refractivity contribution in [3.05, 3.63) is 46.7 Å². The molecule has 0 unspecified atom stereocenters. The topological polar surface area (TPSA) is 29.5 Å². The van der Waals surface area contributed by atoms with Gasteiger partial charge >= 0.3 is 0 Å². The lowest BCUT2D eigenvalue weighted by Crippen LogP contribution is -2.27. The number of hydrogen-bond acceptors (Lipinski definition) is 4. The Balaban J connectivity index is 1.93. The van der Waals surface area contributed by atoms with E-state index in [2.05, 4.69) is 6.07 Å². The largest absolute Gasteiger partial charge is 0.497 e. The second kappa shape index (κ2) is 5.27. The molecule has 1 aliphatic heterocycles. The molecule has 98 valence electrons. The highest BCUT2D eigenvalue weighted by atomic mass is 32.2. The second-order valence-corrected chi connectivity index (χ2v) is 6.19. The van der Waals surface area contributed by atoms with E-state index < -0.39 is 0 Å². The maximum atomic E-state index is 12.1. The first-order chi connectivity index (χ1) is 9.29. The van der Waals surface area contributed by atoms with Gasteiger partial charge in [0.15, 0.2) is 0 Å². The van der Waals surface area contributed by atoms with Crippen LogP contribution in [0.5, 0.6) is 5.75 Å². The first-order valence-electron chi connectivity index (χ1n) is 5.91. The number of hydrogen-bond donors (Lipinski definition) is 0. The van der Waals surface area contributed by atoms with Gasteiger partial charge in [0.2, 0.25) is 5.91 Å². The molecule has 19 heavy (non-hydrogen) atoms. The number of amides is 1. The Bertz CT molecular complexity index is 566. The van der Waals surface area contributed by atoms with Gasteiger partial charge in [0.25, 0.3) is 0 Å². The number of thioether (sulfide) groups is 1. The average Bonchev–Trinajstić information content (AvgIpc) is 3.08. The van der Waals surface area contributed by atoms with Crippen molar-refractivity contribution < 1.29 is 9.53 Å². The molecule has 2 heterocycles. The van der Waals surface area contributed by atoms with E-state index >= 15 is 0 Å². The molecule has 1 saturated heterocycles. The summed E-state index contributed by atoms with van der Waals surface area (Å²) < 4.78 is 5.15. The third kappa shape index (κ3) is 2.35. The number of thiophene rings is 1. The fraction of sp³-hybridized carbons (Fsp3) is 0.214. The third-order valence-corrected chi connectivity index (χ3v) is 5.27. The molecule has 1 aromatic carbocycles. The van der Waals surface area contributed by atoms with Crippen LogP contribution in [0.4, 0.5) is 5.69 Å². The Hall–Kier alpha value is -1.46. The number of carbonyl (C=O) groups excluding carboxylic acids is 1. The van der Waals surface area contributed by atoms with Crippen LogP contribution >= 0.6 is 23.1 Å². The molecule has 1 aliphatic rings. The summed E-state index contributed by atoms with van der Waals surface area (Å²) in [4.78, 5) is 15.2. The summed E-state index contributed by atoms with van der Waals surface area (Å²) in [7, 11) is 1.64. The zero-order valence-corrected chi connectivity index (χ0v) is 12.0. The molecule has 1 amide bonds. The molecule has 0 spiro atoms. The van der Waals surface area contributed by atoms with Gasteiger partial charge in [-0.25, -0.2) is 0 Å². The number of rotatable bonds is 3. The maximum absolute atomic E-state index is 12.1. The van der Waals surface area contributed by atoms with Crippen LogP contribution in [0.1, 0.15) is 10.3 Å². The van der Waals surface area contributed by atoms with Crippen LogP contribution in [0, 0.1) is 0 Å². The normalized spacial score (nSPS) is 18.9. The highest BCUT2D eigenvalue weighted by Crippen LogP contribution is 2.43. The van der Waals surface area contributed by atoms with E-state index in [1.807, 2.05) is 40.6 Å². The molecule has 1 fully saturated rings. The summed E-state index contributed by atoms with van der Waals surface area (Å²) in [6, 6.07) is 11.7. The van der Waals surface area contributed by atoms with Crippen molar-refractivity contribution in [3.8, 4) is 5.75 Å². The molecule has 3 nitrogen and oxygen atoms in total. The molecule has 5 heteroatoms. The molecule has 0 aliphatic carbocycles. The first kappa shape index (κ1) is 12.6. The number of carbonyl (C=O) groups is 1. The van der Waals surface area contributed by atoms with Crippen molar-refractivity contribution >= 4 is 34.7 Å². The predicted octanol–water partition coefficient (Wildman–Crippen LogP) is 3.54. The van der Waals surface area contributed by atoms with Gasteiger partial charge in [-0.2, -0.15) is 0 Å². The van der Waals surface area contributed by atoms with Crippen LogP contribution in [0.3, 0.4) is 0 Å². The Morgan fingerprint density at radius 3 is 2.68 bits per heavy atom. The van der Waals surface area contributed by atoms with Crippen molar-refractivity contribution in [3.63, 3.8) is 0 Å². The Labute approximate surface area is 120 Å². The van der Waals surface area contributed by atoms with E-state index in [1.54, 1.807) is 30.2 Å². The monoisotopic (exact) mass is 291 g/mol. The molecule has 3 rings (SSSR count). The van der Waals surface area contributed by atoms with E-state index in [9.17, 15) is 4.79 Å². The lowest BCUT2D eigenvalue weighted by Gasteiger charge is -2.23. The van der Waals surface area contributed by atoms with E-state index in [-0.39, 0.29) is 11.3 Å². The van der Waals surface area contributed by atoms with Crippen LogP contribution in [0.15, 0.2) is 41.8 Å². The number of benzene rings is 1. The lowest BCUT2D eigenvalue weighted by atomic mass is 10.2.